The SMILES string of the molecule is CCOC(=O)C1=C(C)N=c2s/c(=C/c3cn(Cc4ccc(C)cc4)c4ccccc34)c(=O)n2[C@H]1c1cccc2ccccc12. The maximum absolute atomic E-state index is 14.3. The number of rotatable bonds is 6. The molecule has 218 valence electrons. The van der Waals surface area contributed by atoms with Crippen LogP contribution in [-0.2, 0) is 16.1 Å². The summed E-state index contributed by atoms with van der Waals surface area (Å²) in [7, 11) is 0. The zero-order valence-corrected chi connectivity index (χ0v) is 25.6. The Hall–Kier alpha value is -5.01. The highest BCUT2D eigenvalue weighted by atomic mass is 32.1. The number of fused-ring (bicyclic) bond motifs is 3. The molecule has 0 saturated carbocycles. The van der Waals surface area contributed by atoms with Crippen molar-refractivity contribution >= 4 is 45.1 Å². The summed E-state index contributed by atoms with van der Waals surface area (Å²) in [5, 5.41) is 3.08. The van der Waals surface area contributed by atoms with Crippen molar-refractivity contribution in [3.05, 3.63) is 150 Å². The second kappa shape index (κ2) is 11.2. The van der Waals surface area contributed by atoms with E-state index in [1.165, 1.54) is 22.5 Å². The molecule has 0 fully saturated rings. The summed E-state index contributed by atoms with van der Waals surface area (Å²) in [6.45, 7) is 6.64. The molecule has 1 aliphatic heterocycles. The van der Waals surface area contributed by atoms with Crippen LogP contribution in [0.4, 0.5) is 0 Å². The number of para-hydroxylation sites is 1. The van der Waals surface area contributed by atoms with E-state index in [0.29, 0.717) is 20.6 Å². The molecule has 6 aromatic rings. The molecule has 0 saturated heterocycles. The van der Waals surface area contributed by atoms with E-state index >= 15 is 0 Å². The molecular formula is C37H31N3O3S. The van der Waals surface area contributed by atoms with Crippen LogP contribution >= 0.6 is 11.3 Å². The number of benzene rings is 4. The molecule has 2 aromatic heterocycles. The molecule has 6 nitrogen and oxygen atoms in total. The van der Waals surface area contributed by atoms with Gasteiger partial charge in [-0.15, -0.1) is 0 Å². The predicted molar refractivity (Wildman–Crippen MR) is 177 cm³/mol. The first-order valence-electron chi connectivity index (χ1n) is 14.7. The molecule has 44 heavy (non-hydrogen) atoms. The second-order valence-corrected chi connectivity index (χ2v) is 12.1. The van der Waals surface area contributed by atoms with Crippen LogP contribution in [0.3, 0.4) is 0 Å². The lowest BCUT2D eigenvalue weighted by Gasteiger charge is -2.25. The number of aryl methyl sites for hydroxylation is 1. The minimum atomic E-state index is -0.665. The van der Waals surface area contributed by atoms with Crippen molar-refractivity contribution in [3.63, 3.8) is 0 Å². The van der Waals surface area contributed by atoms with Crippen LogP contribution in [0.15, 0.2) is 118 Å². The molecule has 0 aliphatic carbocycles. The topological polar surface area (TPSA) is 65.6 Å². The van der Waals surface area contributed by atoms with Crippen molar-refractivity contribution in [2.75, 3.05) is 6.61 Å². The van der Waals surface area contributed by atoms with Crippen LogP contribution in [0.5, 0.6) is 0 Å². The normalized spacial score (nSPS) is 15.1. The summed E-state index contributed by atoms with van der Waals surface area (Å²) < 4.78 is 9.96. The third-order valence-corrected chi connectivity index (χ3v) is 9.20. The summed E-state index contributed by atoms with van der Waals surface area (Å²) >= 11 is 1.35. The molecule has 3 heterocycles. The molecule has 4 aromatic carbocycles. The van der Waals surface area contributed by atoms with E-state index in [4.69, 9.17) is 9.73 Å². The summed E-state index contributed by atoms with van der Waals surface area (Å²) in [4.78, 5) is 33.1. The number of thiazole rings is 1. The standard InChI is InChI=1S/C37H31N3O3S/c1-4-43-36(42)33-24(3)38-37-40(34(33)30-14-9-11-26-10-5-6-12-28(26)30)35(41)32(44-37)20-27-22-39(31-15-8-7-13-29(27)31)21-25-18-16-23(2)17-19-25/h5-20,22,34H,4,21H2,1-3H3/b32-20+/t34-/m0/s1. The van der Waals surface area contributed by atoms with Crippen molar-refractivity contribution < 1.29 is 9.53 Å². The van der Waals surface area contributed by atoms with Crippen LogP contribution in [0.25, 0.3) is 27.8 Å². The average molecular weight is 598 g/mol. The number of hydrogen-bond acceptors (Lipinski definition) is 5. The minimum absolute atomic E-state index is 0.184. The van der Waals surface area contributed by atoms with E-state index in [1.807, 2.05) is 67.6 Å². The van der Waals surface area contributed by atoms with Gasteiger partial charge in [0, 0.05) is 29.2 Å². The van der Waals surface area contributed by atoms with Gasteiger partial charge >= 0.3 is 5.97 Å². The predicted octanol–water partition coefficient (Wildman–Crippen LogP) is 6.26. The molecule has 0 spiro atoms. The first-order valence-corrected chi connectivity index (χ1v) is 15.6. The number of nitrogens with zero attached hydrogens (tertiary/aromatic N) is 3. The average Bonchev–Trinajstić information content (AvgIpc) is 3.53. The Morgan fingerprint density at radius 1 is 0.932 bits per heavy atom. The molecule has 0 N–H and O–H groups in total. The zero-order valence-electron chi connectivity index (χ0n) is 24.8. The first-order chi connectivity index (χ1) is 21.4. The Morgan fingerprint density at radius 2 is 1.66 bits per heavy atom. The third kappa shape index (κ3) is 4.79. The van der Waals surface area contributed by atoms with Gasteiger partial charge in [0.25, 0.3) is 5.56 Å². The van der Waals surface area contributed by atoms with Crippen molar-refractivity contribution in [1.82, 2.24) is 9.13 Å². The minimum Gasteiger partial charge on any atom is -0.463 e. The van der Waals surface area contributed by atoms with Crippen LogP contribution in [0.1, 0.15) is 42.1 Å². The largest absolute Gasteiger partial charge is 0.463 e. The molecule has 7 rings (SSSR count). The molecule has 0 bridgehead atoms. The number of esters is 1. The molecular weight excluding hydrogens is 566 g/mol. The lowest BCUT2D eigenvalue weighted by molar-refractivity contribution is -0.139. The summed E-state index contributed by atoms with van der Waals surface area (Å²) in [5.74, 6) is -0.458. The Kier molecular flexibility index (Phi) is 7.10. The highest BCUT2D eigenvalue weighted by Crippen LogP contribution is 2.35. The van der Waals surface area contributed by atoms with Crippen molar-refractivity contribution in [3.8, 4) is 0 Å². The number of carbonyl (C=O) groups excluding carboxylic acids is 1. The van der Waals surface area contributed by atoms with Gasteiger partial charge in [-0.3, -0.25) is 9.36 Å². The van der Waals surface area contributed by atoms with E-state index in [2.05, 4.69) is 54.1 Å². The van der Waals surface area contributed by atoms with Crippen molar-refractivity contribution in [2.24, 2.45) is 4.99 Å². The van der Waals surface area contributed by atoms with Crippen LogP contribution in [-0.4, -0.2) is 21.7 Å². The van der Waals surface area contributed by atoms with Gasteiger partial charge in [0.15, 0.2) is 4.80 Å². The Balaban J connectivity index is 1.42. The molecule has 1 aliphatic rings. The van der Waals surface area contributed by atoms with Crippen molar-refractivity contribution in [2.45, 2.75) is 33.4 Å². The third-order valence-electron chi connectivity index (χ3n) is 8.21. The van der Waals surface area contributed by atoms with Gasteiger partial charge < -0.3 is 9.30 Å². The molecule has 0 unspecified atom stereocenters. The molecule has 7 heteroatoms. The van der Waals surface area contributed by atoms with Gasteiger partial charge in [0.05, 0.1) is 28.5 Å². The Bertz CT molecular complexity index is 2280. The number of aromatic nitrogens is 2. The summed E-state index contributed by atoms with van der Waals surface area (Å²) in [5.41, 5.74) is 6.12. The monoisotopic (exact) mass is 597 g/mol. The smallest absolute Gasteiger partial charge is 0.338 e. The fourth-order valence-electron chi connectivity index (χ4n) is 6.13. The van der Waals surface area contributed by atoms with Gasteiger partial charge in [-0.2, -0.15) is 0 Å². The van der Waals surface area contributed by atoms with Crippen molar-refractivity contribution in [1.29, 1.82) is 0 Å². The van der Waals surface area contributed by atoms with Gasteiger partial charge in [-0.25, -0.2) is 9.79 Å². The van der Waals surface area contributed by atoms with Crippen LogP contribution in [0, 0.1) is 6.92 Å². The molecule has 0 radical (unpaired) electrons. The van der Waals surface area contributed by atoms with Crippen LogP contribution < -0.4 is 14.9 Å². The first kappa shape index (κ1) is 27.8. The maximum Gasteiger partial charge on any atom is 0.338 e. The van der Waals surface area contributed by atoms with E-state index < -0.39 is 12.0 Å². The fourth-order valence-corrected chi connectivity index (χ4v) is 7.16. The highest BCUT2D eigenvalue weighted by molar-refractivity contribution is 7.07. The second-order valence-electron chi connectivity index (χ2n) is 11.1. The van der Waals surface area contributed by atoms with Gasteiger partial charge in [-0.1, -0.05) is 102 Å². The Labute approximate surface area is 258 Å². The van der Waals surface area contributed by atoms with Crippen LogP contribution in [0.2, 0.25) is 0 Å². The Morgan fingerprint density at radius 3 is 2.45 bits per heavy atom. The molecule has 0 amide bonds. The zero-order chi connectivity index (χ0) is 30.4. The lowest BCUT2D eigenvalue weighted by Crippen LogP contribution is -2.40. The number of ether oxygens (including phenoxy) is 1. The highest BCUT2D eigenvalue weighted by Gasteiger charge is 2.34. The maximum atomic E-state index is 14.3. The summed E-state index contributed by atoms with van der Waals surface area (Å²) in [6.07, 6.45) is 4.07. The van der Waals surface area contributed by atoms with E-state index in [9.17, 15) is 9.59 Å². The number of carbonyl (C=O) groups is 1. The quantitative estimate of drug-likeness (QED) is 0.213. The van der Waals surface area contributed by atoms with E-state index in [0.717, 1.165) is 39.3 Å². The fraction of sp³-hybridized carbons (Fsp3) is 0.162. The molecule has 1 atom stereocenters. The van der Waals surface area contributed by atoms with Gasteiger partial charge in [0.1, 0.15) is 0 Å². The number of hydrogen-bond donors (Lipinski definition) is 0. The van der Waals surface area contributed by atoms with E-state index in [-0.39, 0.29) is 12.2 Å². The van der Waals surface area contributed by atoms with E-state index in [1.54, 1.807) is 11.5 Å². The van der Waals surface area contributed by atoms with Gasteiger partial charge in [-0.05, 0) is 54.8 Å². The lowest BCUT2D eigenvalue weighted by atomic mass is 9.91. The summed E-state index contributed by atoms with van der Waals surface area (Å²) in [6, 6.07) is 30.2. The number of allylic oxidation sites excluding steroid dienone is 1. The van der Waals surface area contributed by atoms with Gasteiger partial charge in [0.2, 0.25) is 0 Å².